The highest BCUT2D eigenvalue weighted by Gasteiger charge is 2.43. The van der Waals surface area contributed by atoms with E-state index in [0.29, 0.717) is 28.0 Å². The zero-order valence-electron chi connectivity index (χ0n) is 17.5. The van der Waals surface area contributed by atoms with E-state index in [1.165, 1.54) is 6.07 Å². The van der Waals surface area contributed by atoms with E-state index in [1.54, 1.807) is 36.7 Å². The molecule has 2 aromatic carbocycles. The molecule has 3 heterocycles. The van der Waals surface area contributed by atoms with Gasteiger partial charge in [0.25, 0.3) is 0 Å². The first-order chi connectivity index (χ1) is 15.3. The van der Waals surface area contributed by atoms with Crippen LogP contribution in [0.2, 0.25) is 5.02 Å². The van der Waals surface area contributed by atoms with Crippen molar-refractivity contribution in [3.05, 3.63) is 76.8 Å². The van der Waals surface area contributed by atoms with Gasteiger partial charge in [0.1, 0.15) is 17.4 Å². The van der Waals surface area contributed by atoms with E-state index in [-0.39, 0.29) is 29.3 Å². The molecule has 0 unspecified atom stereocenters. The van der Waals surface area contributed by atoms with E-state index >= 15 is 8.78 Å². The predicted molar refractivity (Wildman–Crippen MR) is 120 cm³/mol. The summed E-state index contributed by atoms with van der Waals surface area (Å²) in [4.78, 5) is 3.01. The van der Waals surface area contributed by atoms with Gasteiger partial charge in [-0.15, -0.1) is 0 Å². The van der Waals surface area contributed by atoms with Gasteiger partial charge in [-0.3, -0.25) is 5.21 Å². The second-order valence-corrected chi connectivity index (χ2v) is 9.00. The molecule has 0 aliphatic carbocycles. The maximum absolute atomic E-state index is 15.9. The summed E-state index contributed by atoms with van der Waals surface area (Å²) in [6, 6.07) is 9.65. The van der Waals surface area contributed by atoms with Crippen LogP contribution in [0.3, 0.4) is 0 Å². The van der Waals surface area contributed by atoms with Crippen LogP contribution in [-0.4, -0.2) is 21.8 Å². The van der Waals surface area contributed by atoms with Gasteiger partial charge in [-0.25, -0.2) is 13.8 Å². The number of fused-ring (bicyclic) bond motifs is 2. The average Bonchev–Trinajstić information content (AvgIpc) is 3.41. The molecule has 32 heavy (non-hydrogen) atoms. The third-order valence-electron chi connectivity index (χ3n) is 6.37. The number of aromatic nitrogens is 1. The number of nitrogens with zero attached hydrogens (tertiary/aromatic N) is 1. The molecule has 0 saturated heterocycles. The van der Waals surface area contributed by atoms with Gasteiger partial charge in [0.15, 0.2) is 0 Å². The van der Waals surface area contributed by atoms with E-state index in [2.05, 4.69) is 10.3 Å². The number of anilines is 1. The monoisotopic (exact) mass is 457 g/mol. The first-order valence-corrected chi connectivity index (χ1v) is 10.7. The standard InChI is InChI=1S/C24H22ClF2N3O2/c1-24(2)20(28-11-13-5-4-8-32-13)9-16-19(30(24)31)10-18(26)21(22(16)27)15-7-3-6-14-17(25)12-29-23(14)15/h3-8,10,12,20,28-29,31H,9,11H2,1-2H3/t20-/m0/s1. The van der Waals surface area contributed by atoms with Crippen molar-refractivity contribution in [2.75, 3.05) is 5.06 Å². The molecule has 0 spiro atoms. The molecule has 2 aromatic heterocycles. The fourth-order valence-electron chi connectivity index (χ4n) is 4.48. The van der Waals surface area contributed by atoms with Gasteiger partial charge in [-0.1, -0.05) is 29.8 Å². The van der Waals surface area contributed by atoms with E-state index in [9.17, 15) is 5.21 Å². The number of benzene rings is 2. The normalized spacial score (nSPS) is 17.7. The molecule has 1 aliphatic heterocycles. The topological polar surface area (TPSA) is 64.4 Å². The number of aromatic amines is 1. The number of hydrogen-bond donors (Lipinski definition) is 3. The third kappa shape index (κ3) is 3.20. The number of para-hydroxylation sites is 1. The van der Waals surface area contributed by atoms with Gasteiger partial charge >= 0.3 is 0 Å². The highest BCUT2D eigenvalue weighted by molar-refractivity contribution is 6.36. The molecule has 4 aromatic rings. The van der Waals surface area contributed by atoms with E-state index < -0.39 is 17.2 Å². The zero-order valence-corrected chi connectivity index (χ0v) is 18.3. The van der Waals surface area contributed by atoms with Crippen LogP contribution in [0.25, 0.3) is 22.0 Å². The lowest BCUT2D eigenvalue weighted by molar-refractivity contribution is 0.125. The summed E-state index contributed by atoms with van der Waals surface area (Å²) >= 11 is 6.20. The molecule has 5 rings (SSSR count). The van der Waals surface area contributed by atoms with Crippen molar-refractivity contribution in [2.24, 2.45) is 0 Å². The number of hydroxylamine groups is 1. The quantitative estimate of drug-likeness (QED) is 0.349. The van der Waals surface area contributed by atoms with Crippen LogP contribution in [-0.2, 0) is 13.0 Å². The first kappa shape index (κ1) is 21.0. The highest BCUT2D eigenvalue weighted by atomic mass is 35.5. The Morgan fingerprint density at radius 2 is 2.09 bits per heavy atom. The van der Waals surface area contributed by atoms with Crippen molar-refractivity contribution in [2.45, 2.75) is 38.4 Å². The molecule has 5 nitrogen and oxygen atoms in total. The number of nitrogens with one attached hydrogen (secondary N) is 2. The van der Waals surface area contributed by atoms with Crippen LogP contribution in [0.5, 0.6) is 0 Å². The van der Waals surface area contributed by atoms with Crippen molar-refractivity contribution in [1.82, 2.24) is 10.3 Å². The van der Waals surface area contributed by atoms with Crippen LogP contribution >= 0.6 is 11.6 Å². The molecule has 166 valence electrons. The van der Waals surface area contributed by atoms with Gasteiger partial charge in [0.2, 0.25) is 0 Å². The van der Waals surface area contributed by atoms with Crippen LogP contribution in [0.1, 0.15) is 25.2 Å². The maximum atomic E-state index is 15.9. The first-order valence-electron chi connectivity index (χ1n) is 10.3. The molecule has 1 atom stereocenters. The minimum absolute atomic E-state index is 0.126. The van der Waals surface area contributed by atoms with Gasteiger partial charge < -0.3 is 14.7 Å². The van der Waals surface area contributed by atoms with Crippen LogP contribution in [0, 0.1) is 11.6 Å². The van der Waals surface area contributed by atoms with Crippen molar-refractivity contribution in [3.63, 3.8) is 0 Å². The lowest BCUT2D eigenvalue weighted by atomic mass is 9.82. The third-order valence-corrected chi connectivity index (χ3v) is 6.68. The number of furan rings is 1. The number of hydrogen-bond acceptors (Lipinski definition) is 4. The predicted octanol–water partition coefficient (Wildman–Crippen LogP) is 6.05. The summed E-state index contributed by atoms with van der Waals surface area (Å²) in [5.41, 5.74) is 0.343. The Kier molecular flexibility index (Phi) is 5.00. The molecule has 0 fully saturated rings. The van der Waals surface area contributed by atoms with Crippen LogP contribution in [0.4, 0.5) is 14.5 Å². The van der Waals surface area contributed by atoms with Gasteiger partial charge in [0.05, 0.1) is 40.1 Å². The van der Waals surface area contributed by atoms with E-state index in [4.69, 9.17) is 16.0 Å². The SMILES string of the molecule is CC1(C)[C@@H](NCc2ccco2)Cc2c(cc(F)c(-c3cccc4c(Cl)c[nH]c34)c2F)N1O. The van der Waals surface area contributed by atoms with Gasteiger partial charge in [-0.05, 0) is 32.4 Å². The summed E-state index contributed by atoms with van der Waals surface area (Å²) < 4.78 is 36.5. The lowest BCUT2D eigenvalue weighted by Crippen LogP contribution is -2.60. The summed E-state index contributed by atoms with van der Waals surface area (Å²) in [6.45, 7) is 4.06. The van der Waals surface area contributed by atoms with Crippen molar-refractivity contribution in [1.29, 1.82) is 0 Å². The maximum Gasteiger partial charge on any atom is 0.139 e. The summed E-state index contributed by atoms with van der Waals surface area (Å²) in [7, 11) is 0. The summed E-state index contributed by atoms with van der Waals surface area (Å²) in [5, 5.41) is 16.4. The smallest absolute Gasteiger partial charge is 0.139 e. The Morgan fingerprint density at radius 3 is 2.84 bits per heavy atom. The Morgan fingerprint density at radius 1 is 1.28 bits per heavy atom. The van der Waals surface area contributed by atoms with Gasteiger partial charge in [0, 0.05) is 34.8 Å². The molecule has 0 radical (unpaired) electrons. The van der Waals surface area contributed by atoms with Crippen LogP contribution in [0.15, 0.2) is 53.3 Å². The molecule has 1 aliphatic rings. The Bertz CT molecular complexity index is 1300. The highest BCUT2D eigenvalue weighted by Crippen LogP contribution is 2.43. The van der Waals surface area contributed by atoms with E-state index in [1.807, 2.05) is 19.9 Å². The molecular formula is C24H22ClF2N3O2. The molecule has 0 bridgehead atoms. The Balaban J connectivity index is 1.60. The number of halogens is 3. The second-order valence-electron chi connectivity index (χ2n) is 8.59. The minimum atomic E-state index is -0.813. The molecule has 8 heteroatoms. The van der Waals surface area contributed by atoms with Crippen molar-refractivity contribution in [3.8, 4) is 11.1 Å². The zero-order chi connectivity index (χ0) is 22.6. The number of H-pyrrole nitrogens is 1. The lowest BCUT2D eigenvalue weighted by Gasteiger charge is -2.46. The van der Waals surface area contributed by atoms with E-state index in [0.717, 1.165) is 10.8 Å². The molecule has 3 N–H and O–H groups in total. The van der Waals surface area contributed by atoms with Crippen molar-refractivity contribution >= 4 is 28.2 Å². The fraction of sp³-hybridized carbons (Fsp3) is 0.250. The minimum Gasteiger partial charge on any atom is -0.468 e. The Labute approximate surface area is 188 Å². The second kappa shape index (κ2) is 7.62. The molecule has 0 saturated carbocycles. The largest absolute Gasteiger partial charge is 0.468 e. The summed E-state index contributed by atoms with van der Waals surface area (Å²) in [5.74, 6) is -0.722. The number of rotatable bonds is 4. The average molecular weight is 458 g/mol. The summed E-state index contributed by atoms with van der Waals surface area (Å²) in [6.07, 6.45) is 3.44. The Hall–Kier alpha value is -2.87. The molecule has 0 amide bonds. The van der Waals surface area contributed by atoms with Crippen LogP contribution < -0.4 is 10.4 Å². The van der Waals surface area contributed by atoms with Gasteiger partial charge in [-0.2, -0.15) is 0 Å². The fourth-order valence-corrected chi connectivity index (χ4v) is 4.69. The van der Waals surface area contributed by atoms with Crippen molar-refractivity contribution < 1.29 is 18.4 Å². The molecular weight excluding hydrogens is 436 g/mol.